The van der Waals surface area contributed by atoms with Gasteiger partial charge in [-0.2, -0.15) is 0 Å². The summed E-state index contributed by atoms with van der Waals surface area (Å²) in [5.74, 6) is 0. The number of pyridine rings is 1. The van der Waals surface area contributed by atoms with Gasteiger partial charge in [-0.15, -0.1) is 11.3 Å². The summed E-state index contributed by atoms with van der Waals surface area (Å²) in [6.45, 7) is 2.72. The molecule has 4 nitrogen and oxygen atoms in total. The van der Waals surface area contributed by atoms with Gasteiger partial charge in [-0.1, -0.05) is 6.07 Å². The molecule has 3 aromatic rings. The molecule has 102 valence electrons. The first-order valence-electron chi connectivity index (χ1n) is 6.40. The first-order chi connectivity index (χ1) is 9.65. The maximum absolute atomic E-state index is 6.23. The van der Waals surface area contributed by atoms with Gasteiger partial charge in [0.2, 0.25) is 0 Å². The number of nitrogens with zero attached hydrogens (tertiary/aromatic N) is 3. The van der Waals surface area contributed by atoms with Crippen molar-refractivity contribution in [1.82, 2.24) is 9.97 Å². The van der Waals surface area contributed by atoms with Crippen molar-refractivity contribution in [2.24, 2.45) is 0 Å². The molecule has 0 saturated heterocycles. The predicted octanol–water partition coefficient (Wildman–Crippen LogP) is 3.22. The molecule has 20 heavy (non-hydrogen) atoms. The van der Waals surface area contributed by atoms with E-state index in [2.05, 4.69) is 20.9 Å². The fourth-order valence-electron chi connectivity index (χ4n) is 2.29. The Morgan fingerprint density at radius 3 is 2.90 bits per heavy atom. The molecule has 0 aliphatic heterocycles. The van der Waals surface area contributed by atoms with Gasteiger partial charge < -0.3 is 10.6 Å². The van der Waals surface area contributed by atoms with Gasteiger partial charge in [0.05, 0.1) is 33.8 Å². The van der Waals surface area contributed by atoms with Crippen LogP contribution >= 0.6 is 11.3 Å². The Hall–Kier alpha value is -2.14. The fraction of sp³-hybridized carbons (Fsp3) is 0.200. The lowest BCUT2D eigenvalue weighted by Gasteiger charge is -2.21. The highest BCUT2D eigenvalue weighted by molar-refractivity contribution is 7.16. The average molecular weight is 284 g/mol. The van der Waals surface area contributed by atoms with Crippen molar-refractivity contribution in [3.05, 3.63) is 47.2 Å². The van der Waals surface area contributed by atoms with Gasteiger partial charge in [0.15, 0.2) is 0 Å². The van der Waals surface area contributed by atoms with Crippen LogP contribution in [0.4, 0.5) is 11.4 Å². The fourth-order valence-corrected chi connectivity index (χ4v) is 2.98. The summed E-state index contributed by atoms with van der Waals surface area (Å²) in [5, 5.41) is 0. The van der Waals surface area contributed by atoms with E-state index in [1.54, 1.807) is 11.3 Å². The van der Waals surface area contributed by atoms with Crippen molar-refractivity contribution in [3.63, 3.8) is 0 Å². The number of fused-ring (bicyclic) bond motifs is 1. The molecule has 0 amide bonds. The Morgan fingerprint density at radius 1 is 1.25 bits per heavy atom. The van der Waals surface area contributed by atoms with E-state index in [9.17, 15) is 0 Å². The highest BCUT2D eigenvalue weighted by atomic mass is 32.1. The van der Waals surface area contributed by atoms with Gasteiger partial charge in [0, 0.05) is 12.7 Å². The number of benzene rings is 1. The topological polar surface area (TPSA) is 55.0 Å². The molecule has 5 heteroatoms. The van der Waals surface area contributed by atoms with Gasteiger partial charge in [-0.3, -0.25) is 4.98 Å². The molecule has 0 spiro atoms. The van der Waals surface area contributed by atoms with Crippen LogP contribution in [0.25, 0.3) is 10.2 Å². The summed E-state index contributed by atoms with van der Waals surface area (Å²) < 4.78 is 1.12. The standard InChI is InChI=1S/C15H16N4S/c1-10-4-3-5-11(18-10)8-19(2)12-6-7-13-15(14(12)16)17-9-20-13/h3-7,9H,8,16H2,1-2H3. The number of nitrogens with two attached hydrogens (primary N) is 1. The predicted molar refractivity (Wildman–Crippen MR) is 85.1 cm³/mol. The number of anilines is 2. The van der Waals surface area contributed by atoms with Crippen LogP contribution in [-0.2, 0) is 6.54 Å². The monoisotopic (exact) mass is 284 g/mol. The van der Waals surface area contributed by atoms with E-state index in [1.807, 2.05) is 43.7 Å². The smallest absolute Gasteiger partial charge is 0.106 e. The summed E-state index contributed by atoms with van der Waals surface area (Å²) in [6.07, 6.45) is 0. The Bertz CT molecular complexity index is 750. The minimum atomic E-state index is 0.724. The first-order valence-corrected chi connectivity index (χ1v) is 7.28. The van der Waals surface area contributed by atoms with Gasteiger partial charge in [-0.25, -0.2) is 4.98 Å². The summed E-state index contributed by atoms with van der Waals surface area (Å²) in [7, 11) is 2.02. The van der Waals surface area contributed by atoms with Crippen molar-refractivity contribution in [2.75, 3.05) is 17.7 Å². The average Bonchev–Trinajstić information content (AvgIpc) is 2.88. The van der Waals surface area contributed by atoms with Crippen LogP contribution < -0.4 is 10.6 Å². The summed E-state index contributed by atoms with van der Waals surface area (Å²) in [4.78, 5) is 11.0. The van der Waals surface area contributed by atoms with Gasteiger partial charge in [0.25, 0.3) is 0 Å². The Balaban J connectivity index is 1.92. The summed E-state index contributed by atoms with van der Waals surface area (Å²) in [6, 6.07) is 10.2. The summed E-state index contributed by atoms with van der Waals surface area (Å²) >= 11 is 1.61. The highest BCUT2D eigenvalue weighted by Gasteiger charge is 2.11. The zero-order valence-corrected chi connectivity index (χ0v) is 12.3. The van der Waals surface area contributed by atoms with E-state index >= 15 is 0 Å². The largest absolute Gasteiger partial charge is 0.395 e. The number of hydrogen-bond acceptors (Lipinski definition) is 5. The third-order valence-corrected chi connectivity index (χ3v) is 4.07. The van der Waals surface area contributed by atoms with Crippen molar-refractivity contribution in [3.8, 4) is 0 Å². The van der Waals surface area contributed by atoms with Crippen LogP contribution in [0.1, 0.15) is 11.4 Å². The number of aromatic nitrogens is 2. The van der Waals surface area contributed by atoms with Crippen LogP contribution in [0, 0.1) is 6.92 Å². The van der Waals surface area contributed by atoms with Crippen LogP contribution in [0.2, 0.25) is 0 Å². The molecule has 0 aliphatic rings. The second-order valence-corrected chi connectivity index (χ2v) is 5.71. The zero-order valence-electron chi connectivity index (χ0n) is 11.5. The molecule has 0 bridgehead atoms. The molecular formula is C15H16N4S. The molecule has 2 heterocycles. The molecule has 0 fully saturated rings. The third kappa shape index (κ3) is 2.32. The van der Waals surface area contributed by atoms with Crippen molar-refractivity contribution in [2.45, 2.75) is 13.5 Å². The number of hydrogen-bond donors (Lipinski definition) is 1. The highest BCUT2D eigenvalue weighted by Crippen LogP contribution is 2.32. The number of rotatable bonds is 3. The maximum Gasteiger partial charge on any atom is 0.106 e. The second-order valence-electron chi connectivity index (χ2n) is 4.82. The maximum atomic E-state index is 6.23. The number of thiazole rings is 1. The molecule has 0 radical (unpaired) electrons. The van der Waals surface area contributed by atoms with E-state index in [4.69, 9.17) is 5.73 Å². The third-order valence-electron chi connectivity index (χ3n) is 3.27. The minimum absolute atomic E-state index is 0.724. The lowest BCUT2D eigenvalue weighted by molar-refractivity contribution is 0.879. The minimum Gasteiger partial charge on any atom is -0.395 e. The van der Waals surface area contributed by atoms with Crippen LogP contribution in [0.15, 0.2) is 35.8 Å². The van der Waals surface area contributed by atoms with Gasteiger partial charge in [-0.05, 0) is 31.2 Å². The van der Waals surface area contributed by atoms with Crippen LogP contribution in [-0.4, -0.2) is 17.0 Å². The van der Waals surface area contributed by atoms with Crippen molar-refractivity contribution >= 4 is 32.9 Å². The normalized spacial score (nSPS) is 10.9. The van der Waals surface area contributed by atoms with Gasteiger partial charge >= 0.3 is 0 Å². The van der Waals surface area contributed by atoms with E-state index in [0.29, 0.717) is 0 Å². The first kappa shape index (κ1) is 12.9. The molecule has 3 rings (SSSR count). The van der Waals surface area contributed by atoms with E-state index in [1.165, 1.54) is 0 Å². The molecule has 0 aliphatic carbocycles. The Kier molecular flexibility index (Phi) is 3.28. The molecule has 0 unspecified atom stereocenters. The van der Waals surface area contributed by atoms with Crippen molar-refractivity contribution < 1.29 is 0 Å². The van der Waals surface area contributed by atoms with Crippen LogP contribution in [0.3, 0.4) is 0 Å². The number of aryl methyl sites for hydroxylation is 1. The SMILES string of the molecule is Cc1cccc(CN(C)c2ccc3scnc3c2N)n1. The lowest BCUT2D eigenvalue weighted by Crippen LogP contribution is -2.18. The van der Waals surface area contributed by atoms with E-state index < -0.39 is 0 Å². The molecule has 2 aromatic heterocycles. The molecule has 0 saturated carbocycles. The van der Waals surface area contributed by atoms with Crippen LogP contribution in [0.5, 0.6) is 0 Å². The molecular weight excluding hydrogens is 268 g/mol. The van der Waals surface area contributed by atoms with E-state index in [0.717, 1.165) is 39.5 Å². The number of nitrogen functional groups attached to an aromatic ring is 1. The molecule has 2 N–H and O–H groups in total. The Morgan fingerprint density at radius 2 is 2.10 bits per heavy atom. The quantitative estimate of drug-likeness (QED) is 0.750. The molecule has 0 atom stereocenters. The molecule has 1 aromatic carbocycles. The zero-order chi connectivity index (χ0) is 14.1. The van der Waals surface area contributed by atoms with Gasteiger partial charge in [0.1, 0.15) is 5.52 Å². The van der Waals surface area contributed by atoms with E-state index in [-0.39, 0.29) is 0 Å². The lowest BCUT2D eigenvalue weighted by atomic mass is 10.2. The Labute approximate surface area is 121 Å². The summed E-state index contributed by atoms with van der Waals surface area (Å²) in [5.41, 5.74) is 12.7. The second kappa shape index (κ2) is 5.09. The van der Waals surface area contributed by atoms with Crippen molar-refractivity contribution in [1.29, 1.82) is 0 Å².